The second-order valence-electron chi connectivity index (χ2n) is 3.52. The maximum Gasteiger partial charge on any atom is 0.123 e. The normalized spacial score (nSPS) is 10.7. The zero-order chi connectivity index (χ0) is 11.5. The molecular weight excluding hydrogens is 286 g/mol. The molecule has 4 heteroatoms. The highest BCUT2D eigenvalue weighted by atomic mass is 79.9. The standard InChI is InChI=1S/C12H12BrNOS/c1-8-6-14-12(16-8)9-3-4-11(13)10(5-9)7-15-2/h3-6H,7H2,1-2H3. The van der Waals surface area contributed by atoms with Crippen LogP contribution in [0.15, 0.2) is 28.9 Å². The van der Waals surface area contributed by atoms with Crippen LogP contribution in [0.1, 0.15) is 10.4 Å². The van der Waals surface area contributed by atoms with Crippen molar-refractivity contribution in [3.63, 3.8) is 0 Å². The molecule has 0 fully saturated rings. The lowest BCUT2D eigenvalue weighted by atomic mass is 10.1. The lowest BCUT2D eigenvalue weighted by molar-refractivity contribution is 0.184. The number of nitrogens with zero attached hydrogens (tertiary/aromatic N) is 1. The van der Waals surface area contributed by atoms with Crippen LogP contribution in [0, 0.1) is 6.92 Å². The number of aromatic nitrogens is 1. The molecule has 2 rings (SSSR count). The minimum Gasteiger partial charge on any atom is -0.380 e. The summed E-state index contributed by atoms with van der Waals surface area (Å²) in [6, 6.07) is 6.23. The smallest absolute Gasteiger partial charge is 0.123 e. The summed E-state index contributed by atoms with van der Waals surface area (Å²) in [5.74, 6) is 0. The van der Waals surface area contributed by atoms with Crippen LogP contribution in [-0.4, -0.2) is 12.1 Å². The van der Waals surface area contributed by atoms with Gasteiger partial charge in [-0.2, -0.15) is 0 Å². The molecule has 0 aliphatic rings. The molecule has 84 valence electrons. The Balaban J connectivity index is 2.39. The first-order valence-corrected chi connectivity index (χ1v) is 6.52. The van der Waals surface area contributed by atoms with E-state index >= 15 is 0 Å². The first kappa shape index (κ1) is 11.8. The Hall–Kier alpha value is -0.710. The molecule has 1 heterocycles. The molecule has 2 aromatic rings. The van der Waals surface area contributed by atoms with Crippen LogP contribution in [0.3, 0.4) is 0 Å². The Kier molecular flexibility index (Phi) is 3.74. The molecule has 2 nitrogen and oxygen atoms in total. The molecular formula is C12H12BrNOS. The Morgan fingerprint density at radius 3 is 2.88 bits per heavy atom. The molecule has 0 saturated heterocycles. The summed E-state index contributed by atoms with van der Waals surface area (Å²) >= 11 is 5.22. The molecule has 0 saturated carbocycles. The molecule has 0 aliphatic heterocycles. The van der Waals surface area contributed by atoms with E-state index in [4.69, 9.17) is 4.74 Å². The van der Waals surface area contributed by atoms with Gasteiger partial charge in [-0.05, 0) is 24.6 Å². The van der Waals surface area contributed by atoms with E-state index in [1.807, 2.05) is 12.3 Å². The second-order valence-corrected chi connectivity index (χ2v) is 5.60. The highest BCUT2D eigenvalue weighted by Crippen LogP contribution is 2.28. The van der Waals surface area contributed by atoms with E-state index in [1.165, 1.54) is 4.88 Å². The van der Waals surface area contributed by atoms with E-state index in [9.17, 15) is 0 Å². The van der Waals surface area contributed by atoms with Gasteiger partial charge in [-0.3, -0.25) is 0 Å². The van der Waals surface area contributed by atoms with Crippen LogP contribution in [0.25, 0.3) is 10.6 Å². The third-order valence-electron chi connectivity index (χ3n) is 2.21. The monoisotopic (exact) mass is 297 g/mol. The number of methoxy groups -OCH3 is 1. The number of aryl methyl sites for hydroxylation is 1. The van der Waals surface area contributed by atoms with Crippen molar-refractivity contribution in [2.75, 3.05) is 7.11 Å². The van der Waals surface area contributed by atoms with Crippen LogP contribution in [0.4, 0.5) is 0 Å². The molecule has 0 N–H and O–H groups in total. The number of halogens is 1. The Bertz CT molecular complexity index is 496. The van der Waals surface area contributed by atoms with Gasteiger partial charge in [-0.25, -0.2) is 4.98 Å². The van der Waals surface area contributed by atoms with Crippen LogP contribution >= 0.6 is 27.3 Å². The zero-order valence-corrected chi connectivity index (χ0v) is 11.6. The topological polar surface area (TPSA) is 22.1 Å². The van der Waals surface area contributed by atoms with E-state index in [-0.39, 0.29) is 0 Å². The summed E-state index contributed by atoms with van der Waals surface area (Å²) in [4.78, 5) is 5.61. The summed E-state index contributed by atoms with van der Waals surface area (Å²) in [6.07, 6.45) is 1.90. The van der Waals surface area contributed by atoms with Crippen molar-refractivity contribution in [2.24, 2.45) is 0 Å². The van der Waals surface area contributed by atoms with Crippen molar-refractivity contribution >= 4 is 27.3 Å². The average molecular weight is 298 g/mol. The molecule has 0 unspecified atom stereocenters. The van der Waals surface area contributed by atoms with Crippen LogP contribution in [0.5, 0.6) is 0 Å². The van der Waals surface area contributed by atoms with Crippen molar-refractivity contribution in [1.82, 2.24) is 4.98 Å². The lowest BCUT2D eigenvalue weighted by Crippen LogP contribution is -1.89. The van der Waals surface area contributed by atoms with Gasteiger partial charge >= 0.3 is 0 Å². The molecule has 16 heavy (non-hydrogen) atoms. The quantitative estimate of drug-likeness (QED) is 0.853. The summed E-state index contributed by atoms with van der Waals surface area (Å²) < 4.78 is 6.23. The minimum absolute atomic E-state index is 0.610. The summed E-state index contributed by atoms with van der Waals surface area (Å²) in [6.45, 7) is 2.68. The molecule has 0 bridgehead atoms. The predicted molar refractivity (Wildman–Crippen MR) is 70.7 cm³/mol. The summed E-state index contributed by atoms with van der Waals surface area (Å²) in [5.41, 5.74) is 2.29. The highest BCUT2D eigenvalue weighted by molar-refractivity contribution is 9.10. The SMILES string of the molecule is COCc1cc(-c2ncc(C)s2)ccc1Br. The minimum atomic E-state index is 0.610. The van der Waals surface area contributed by atoms with Crippen molar-refractivity contribution in [1.29, 1.82) is 0 Å². The molecule has 0 radical (unpaired) electrons. The van der Waals surface area contributed by atoms with Crippen LogP contribution < -0.4 is 0 Å². The van der Waals surface area contributed by atoms with Gasteiger partial charge in [0.25, 0.3) is 0 Å². The molecule has 1 aromatic carbocycles. The van der Waals surface area contributed by atoms with Crippen molar-refractivity contribution in [3.05, 3.63) is 39.3 Å². The van der Waals surface area contributed by atoms with E-state index in [0.29, 0.717) is 6.61 Å². The molecule has 1 aromatic heterocycles. The van der Waals surface area contributed by atoms with Gasteiger partial charge in [-0.1, -0.05) is 22.0 Å². The first-order valence-electron chi connectivity index (χ1n) is 4.91. The van der Waals surface area contributed by atoms with Crippen LogP contribution in [0.2, 0.25) is 0 Å². The third kappa shape index (κ3) is 2.51. The fourth-order valence-electron chi connectivity index (χ4n) is 1.46. The summed E-state index contributed by atoms with van der Waals surface area (Å²) in [5, 5.41) is 1.06. The van der Waals surface area contributed by atoms with Crippen molar-refractivity contribution in [2.45, 2.75) is 13.5 Å². The van der Waals surface area contributed by atoms with Gasteiger partial charge in [0.05, 0.1) is 6.61 Å². The Morgan fingerprint density at radius 2 is 2.25 bits per heavy atom. The zero-order valence-electron chi connectivity index (χ0n) is 9.16. The molecule has 0 aliphatic carbocycles. The number of thiazole rings is 1. The van der Waals surface area contributed by atoms with Gasteiger partial charge in [0.2, 0.25) is 0 Å². The van der Waals surface area contributed by atoms with Crippen molar-refractivity contribution < 1.29 is 4.74 Å². The van der Waals surface area contributed by atoms with Gasteiger partial charge in [0.15, 0.2) is 0 Å². The van der Waals surface area contributed by atoms with Gasteiger partial charge < -0.3 is 4.74 Å². The fourth-order valence-corrected chi connectivity index (χ4v) is 2.58. The van der Waals surface area contributed by atoms with E-state index in [0.717, 1.165) is 20.6 Å². The first-order chi connectivity index (χ1) is 7.70. The number of rotatable bonds is 3. The van der Waals surface area contributed by atoms with Crippen molar-refractivity contribution in [3.8, 4) is 10.6 Å². The predicted octanol–water partition coefficient (Wildman–Crippen LogP) is 4.03. The number of benzene rings is 1. The molecule has 0 atom stereocenters. The van der Waals surface area contributed by atoms with E-state index in [1.54, 1.807) is 18.4 Å². The summed E-state index contributed by atoms with van der Waals surface area (Å²) in [7, 11) is 1.70. The number of ether oxygens (including phenoxy) is 1. The van der Waals surface area contributed by atoms with Gasteiger partial charge in [0.1, 0.15) is 5.01 Å². The second kappa shape index (κ2) is 5.08. The van der Waals surface area contributed by atoms with Gasteiger partial charge in [0, 0.05) is 28.2 Å². The van der Waals surface area contributed by atoms with E-state index in [2.05, 4.69) is 40.0 Å². The largest absolute Gasteiger partial charge is 0.380 e. The fraction of sp³-hybridized carbons (Fsp3) is 0.250. The number of hydrogen-bond donors (Lipinski definition) is 0. The third-order valence-corrected chi connectivity index (χ3v) is 3.95. The maximum atomic E-state index is 5.16. The number of hydrogen-bond acceptors (Lipinski definition) is 3. The average Bonchev–Trinajstić information content (AvgIpc) is 2.69. The Labute approximate surface area is 107 Å². The van der Waals surface area contributed by atoms with E-state index < -0.39 is 0 Å². The maximum absolute atomic E-state index is 5.16. The van der Waals surface area contributed by atoms with Gasteiger partial charge in [-0.15, -0.1) is 11.3 Å². The Morgan fingerprint density at radius 1 is 1.44 bits per heavy atom. The lowest BCUT2D eigenvalue weighted by Gasteiger charge is -2.05. The highest BCUT2D eigenvalue weighted by Gasteiger charge is 2.06. The molecule has 0 amide bonds. The molecule has 0 spiro atoms. The van der Waals surface area contributed by atoms with Crippen LogP contribution in [-0.2, 0) is 11.3 Å².